The summed E-state index contributed by atoms with van der Waals surface area (Å²) in [7, 11) is 8.45. The van der Waals surface area contributed by atoms with Crippen LogP contribution in [-0.4, -0.2) is 32.5 Å². The molecular formula is C8H21F3NP3Si. The van der Waals surface area contributed by atoms with Gasteiger partial charge < -0.3 is 5.32 Å². The minimum absolute atomic E-state index is 0.253. The lowest BCUT2D eigenvalue weighted by molar-refractivity contribution is -0.134. The molecule has 98 valence electrons. The van der Waals surface area contributed by atoms with Gasteiger partial charge in [0.2, 0.25) is 0 Å². The topological polar surface area (TPSA) is 12.0 Å². The summed E-state index contributed by atoms with van der Waals surface area (Å²) in [6.07, 6.45) is -3.56. The SMILES string of the molecule is CNC[Si](P)(CCCC(F)(F)F)CC(P)P. The van der Waals surface area contributed by atoms with Gasteiger partial charge in [0.05, 0.1) is 7.74 Å². The normalized spacial score (nSPS) is 16.5. The average Bonchev–Trinajstić information content (AvgIpc) is 1.99. The first-order valence-corrected chi connectivity index (χ1v) is 11.0. The van der Waals surface area contributed by atoms with Crippen molar-refractivity contribution in [2.24, 2.45) is 0 Å². The first-order valence-electron chi connectivity index (χ1n) is 5.20. The van der Waals surface area contributed by atoms with Crippen LogP contribution in [0.15, 0.2) is 0 Å². The Morgan fingerprint density at radius 3 is 2.25 bits per heavy atom. The maximum Gasteiger partial charge on any atom is 0.389 e. The molecule has 16 heavy (non-hydrogen) atoms. The van der Waals surface area contributed by atoms with Crippen LogP contribution < -0.4 is 5.32 Å². The van der Waals surface area contributed by atoms with Crippen LogP contribution in [0.2, 0.25) is 12.1 Å². The summed E-state index contributed by atoms with van der Waals surface area (Å²) in [6, 6.07) is 1.70. The van der Waals surface area contributed by atoms with Crippen molar-refractivity contribution in [3.8, 4) is 0 Å². The van der Waals surface area contributed by atoms with Gasteiger partial charge in [-0.1, -0.05) is 6.04 Å². The van der Waals surface area contributed by atoms with Crippen LogP contribution in [0.5, 0.6) is 0 Å². The molecule has 0 heterocycles. The highest BCUT2D eigenvalue weighted by atomic mass is 31.3. The third-order valence-electron chi connectivity index (χ3n) is 2.31. The summed E-state index contributed by atoms with van der Waals surface area (Å²) in [5.41, 5.74) is 0. The van der Waals surface area contributed by atoms with Crippen LogP contribution in [0.3, 0.4) is 0 Å². The molecule has 0 fully saturated rings. The third-order valence-corrected chi connectivity index (χ3v) is 9.60. The average molecular weight is 309 g/mol. The molecule has 4 atom stereocenters. The largest absolute Gasteiger partial charge is 0.389 e. The predicted octanol–water partition coefficient (Wildman–Crippen LogP) is 2.98. The lowest BCUT2D eigenvalue weighted by Gasteiger charge is -2.28. The third kappa shape index (κ3) is 9.30. The zero-order valence-electron chi connectivity index (χ0n) is 9.48. The lowest BCUT2D eigenvalue weighted by atomic mass is 10.3. The zero-order valence-corrected chi connectivity index (χ0v) is 13.9. The zero-order chi connectivity index (χ0) is 12.8. The molecule has 0 aromatic heterocycles. The van der Waals surface area contributed by atoms with Crippen LogP contribution in [0.1, 0.15) is 12.8 Å². The highest BCUT2D eigenvalue weighted by Crippen LogP contribution is 2.33. The highest BCUT2D eigenvalue weighted by Gasteiger charge is 2.31. The minimum atomic E-state index is -4.01. The van der Waals surface area contributed by atoms with Gasteiger partial charge in [0.15, 0.2) is 0 Å². The van der Waals surface area contributed by atoms with Crippen molar-refractivity contribution in [1.82, 2.24) is 5.32 Å². The molecular weight excluding hydrogens is 288 g/mol. The smallest absolute Gasteiger partial charge is 0.322 e. The Kier molecular flexibility index (Phi) is 8.24. The van der Waals surface area contributed by atoms with Crippen molar-refractivity contribution < 1.29 is 13.2 Å². The van der Waals surface area contributed by atoms with E-state index in [9.17, 15) is 13.2 Å². The van der Waals surface area contributed by atoms with E-state index in [0.29, 0.717) is 11.4 Å². The number of hydrogen-bond donors (Lipinski definition) is 1. The van der Waals surface area contributed by atoms with Gasteiger partial charge in [-0.25, -0.2) is 0 Å². The van der Waals surface area contributed by atoms with Gasteiger partial charge in [-0.2, -0.15) is 13.2 Å². The van der Waals surface area contributed by atoms with E-state index in [1.54, 1.807) is 0 Å². The van der Waals surface area contributed by atoms with E-state index < -0.39 is 20.3 Å². The van der Waals surface area contributed by atoms with E-state index in [4.69, 9.17) is 0 Å². The van der Waals surface area contributed by atoms with Gasteiger partial charge in [-0.3, -0.25) is 0 Å². The van der Waals surface area contributed by atoms with Crippen LogP contribution in [-0.2, 0) is 0 Å². The van der Waals surface area contributed by atoms with E-state index in [1.807, 2.05) is 7.05 Å². The molecule has 0 radical (unpaired) electrons. The van der Waals surface area contributed by atoms with Gasteiger partial charge in [0.25, 0.3) is 0 Å². The Morgan fingerprint density at radius 2 is 1.88 bits per heavy atom. The summed E-state index contributed by atoms with van der Waals surface area (Å²) in [4.78, 5) is 0. The predicted molar refractivity (Wildman–Crippen MR) is 77.5 cm³/mol. The number of hydrogen-bond acceptors (Lipinski definition) is 1. The Labute approximate surface area is 104 Å². The van der Waals surface area contributed by atoms with Crippen molar-refractivity contribution in [3.05, 3.63) is 0 Å². The fraction of sp³-hybridized carbons (Fsp3) is 1.00. The van der Waals surface area contributed by atoms with Crippen molar-refractivity contribution in [3.63, 3.8) is 0 Å². The van der Waals surface area contributed by atoms with Gasteiger partial charge in [-0.15, -0.1) is 27.3 Å². The molecule has 0 saturated heterocycles. The van der Waals surface area contributed by atoms with Crippen molar-refractivity contribution in [2.45, 2.75) is 36.5 Å². The van der Waals surface area contributed by atoms with Gasteiger partial charge in [0.1, 0.15) is 0 Å². The molecule has 0 aliphatic rings. The Balaban J connectivity index is 4.12. The van der Waals surface area contributed by atoms with Gasteiger partial charge >= 0.3 is 6.18 Å². The molecule has 1 N–H and O–H groups in total. The highest BCUT2D eigenvalue weighted by molar-refractivity contribution is 7.69. The quantitative estimate of drug-likeness (QED) is 0.563. The fourth-order valence-corrected chi connectivity index (χ4v) is 11.3. The second-order valence-electron chi connectivity index (χ2n) is 4.23. The molecule has 0 spiro atoms. The molecule has 8 heteroatoms. The van der Waals surface area contributed by atoms with Crippen LogP contribution in [0, 0.1) is 0 Å². The molecule has 1 nitrogen and oxygen atoms in total. The van der Waals surface area contributed by atoms with Crippen LogP contribution in [0.25, 0.3) is 0 Å². The van der Waals surface area contributed by atoms with E-state index in [1.165, 1.54) is 0 Å². The lowest BCUT2D eigenvalue weighted by Crippen LogP contribution is -2.39. The molecule has 0 rings (SSSR count). The Hall–Kier alpha value is 1.26. The number of nitrogens with one attached hydrogen (secondary N) is 1. The molecule has 0 aromatic carbocycles. The standard InChI is InChI=1S/C8H21F3NP3Si/c1-12-6-16(15,5-7(13)14)4-2-3-8(9,10)11/h7,12H,2-6,13-15H2,1H3. The van der Waals surface area contributed by atoms with Crippen LogP contribution >= 0.6 is 27.3 Å². The Morgan fingerprint density at radius 1 is 1.31 bits per heavy atom. The first kappa shape index (κ1) is 17.3. The molecule has 0 aromatic rings. The van der Waals surface area contributed by atoms with Gasteiger partial charge in [-0.05, 0) is 31.1 Å². The van der Waals surface area contributed by atoms with Gasteiger partial charge in [0, 0.05) is 6.42 Å². The summed E-state index contributed by atoms with van der Waals surface area (Å²) in [5, 5.41) is 3.49. The molecule has 0 aliphatic heterocycles. The molecule has 0 saturated carbocycles. The number of alkyl halides is 3. The summed E-state index contributed by atoms with van der Waals surface area (Å²) >= 11 is 0. The first-order chi connectivity index (χ1) is 7.18. The Bertz CT molecular complexity index is 203. The van der Waals surface area contributed by atoms with E-state index >= 15 is 0 Å². The monoisotopic (exact) mass is 309 g/mol. The molecule has 4 unspecified atom stereocenters. The molecule has 0 bridgehead atoms. The summed E-state index contributed by atoms with van der Waals surface area (Å²) in [5.74, 6) is 0. The van der Waals surface area contributed by atoms with E-state index in [0.717, 1.165) is 12.2 Å². The number of halogens is 3. The molecule has 0 aliphatic carbocycles. The number of rotatable bonds is 7. The summed E-state index contributed by atoms with van der Waals surface area (Å²) in [6.45, 7) is 0. The van der Waals surface area contributed by atoms with Crippen molar-refractivity contribution in [2.75, 3.05) is 13.2 Å². The minimum Gasteiger partial charge on any atom is -0.322 e. The van der Waals surface area contributed by atoms with E-state index in [2.05, 4.69) is 32.6 Å². The maximum absolute atomic E-state index is 12.1. The second kappa shape index (κ2) is 7.64. The fourth-order valence-electron chi connectivity index (χ4n) is 1.72. The second-order valence-corrected chi connectivity index (χ2v) is 14.4. The van der Waals surface area contributed by atoms with Crippen molar-refractivity contribution >= 4 is 35.0 Å². The van der Waals surface area contributed by atoms with Crippen molar-refractivity contribution in [1.29, 1.82) is 0 Å². The van der Waals surface area contributed by atoms with Crippen LogP contribution in [0.4, 0.5) is 13.2 Å². The summed E-state index contributed by atoms with van der Waals surface area (Å²) < 4.78 is 36.2. The van der Waals surface area contributed by atoms with E-state index in [-0.39, 0.29) is 6.42 Å². The maximum atomic E-state index is 12.1. The molecule has 0 amide bonds.